The summed E-state index contributed by atoms with van der Waals surface area (Å²) >= 11 is 0. The Hall–Kier alpha value is -3.52. The summed E-state index contributed by atoms with van der Waals surface area (Å²) in [4.78, 5) is 18.8. The van der Waals surface area contributed by atoms with E-state index in [1.807, 2.05) is 22.9 Å². The van der Waals surface area contributed by atoms with Crippen molar-refractivity contribution in [3.8, 4) is 0 Å². The molecule has 4 aromatic rings. The van der Waals surface area contributed by atoms with E-state index in [1.165, 1.54) is 11.1 Å². The van der Waals surface area contributed by atoms with E-state index in [0.717, 1.165) is 55.4 Å². The molecule has 2 aromatic heterocycles. The zero-order valence-corrected chi connectivity index (χ0v) is 19.3. The number of para-hydroxylation sites is 1. The van der Waals surface area contributed by atoms with Gasteiger partial charge in [-0.3, -0.25) is 4.79 Å². The first-order chi connectivity index (χ1) is 16.7. The third-order valence-corrected chi connectivity index (χ3v) is 7.08. The number of rotatable bonds is 6. The molecule has 1 N–H and O–H groups in total. The minimum atomic E-state index is -0.404. The summed E-state index contributed by atoms with van der Waals surface area (Å²) < 4.78 is 7.68. The van der Waals surface area contributed by atoms with Crippen LogP contribution in [0.15, 0.2) is 53.3 Å². The monoisotopic (exact) mass is 456 g/mol. The Labute approximate surface area is 197 Å². The lowest BCUT2D eigenvalue weighted by Gasteiger charge is -2.29. The molecule has 2 aliphatic rings. The van der Waals surface area contributed by atoms with Crippen LogP contribution >= 0.6 is 0 Å². The van der Waals surface area contributed by atoms with Crippen molar-refractivity contribution in [1.82, 2.24) is 25.2 Å². The van der Waals surface area contributed by atoms with Gasteiger partial charge in [-0.15, -0.1) is 5.10 Å². The van der Waals surface area contributed by atoms with Gasteiger partial charge in [-0.2, -0.15) is 0 Å². The highest BCUT2D eigenvalue weighted by molar-refractivity contribution is 5.80. The Morgan fingerprint density at radius 1 is 1.21 bits per heavy atom. The molecule has 0 unspecified atom stereocenters. The molecule has 6 rings (SSSR count). The van der Waals surface area contributed by atoms with Gasteiger partial charge in [0.1, 0.15) is 6.04 Å². The Kier molecular flexibility index (Phi) is 5.37. The van der Waals surface area contributed by atoms with Gasteiger partial charge in [0.15, 0.2) is 5.82 Å². The molecule has 0 saturated carbocycles. The van der Waals surface area contributed by atoms with Crippen LogP contribution in [0.3, 0.4) is 0 Å². The van der Waals surface area contributed by atoms with E-state index < -0.39 is 6.04 Å². The fraction of sp³-hybridized carbons (Fsp3) is 0.385. The van der Waals surface area contributed by atoms with Crippen LogP contribution in [-0.4, -0.2) is 44.4 Å². The molecule has 174 valence electrons. The number of tetrazole rings is 1. The van der Waals surface area contributed by atoms with E-state index in [1.54, 1.807) is 0 Å². The SMILES string of the molecule is CCc1ccc2[nH]c(=O)c([C@H](c3nnnn3C[C@@H]3CCCO3)N3CCc4ccccc43)cc2c1. The highest BCUT2D eigenvalue weighted by Gasteiger charge is 2.34. The lowest BCUT2D eigenvalue weighted by atomic mass is 10.0. The van der Waals surface area contributed by atoms with Gasteiger partial charge < -0.3 is 14.6 Å². The minimum Gasteiger partial charge on any atom is -0.376 e. The minimum absolute atomic E-state index is 0.0933. The quantitative estimate of drug-likeness (QED) is 0.478. The Bertz CT molecular complexity index is 1390. The van der Waals surface area contributed by atoms with Crippen LogP contribution in [0.2, 0.25) is 0 Å². The number of H-pyrrole nitrogens is 1. The van der Waals surface area contributed by atoms with Crippen LogP contribution in [0.5, 0.6) is 0 Å². The van der Waals surface area contributed by atoms with Gasteiger partial charge in [0.2, 0.25) is 0 Å². The second-order valence-corrected chi connectivity index (χ2v) is 9.16. The normalized spacial score (nSPS) is 18.5. The van der Waals surface area contributed by atoms with Gasteiger partial charge in [-0.05, 0) is 76.9 Å². The predicted octanol–water partition coefficient (Wildman–Crippen LogP) is 3.41. The fourth-order valence-corrected chi connectivity index (χ4v) is 5.29. The molecule has 0 aliphatic carbocycles. The predicted molar refractivity (Wildman–Crippen MR) is 130 cm³/mol. The van der Waals surface area contributed by atoms with Crippen molar-refractivity contribution in [2.24, 2.45) is 0 Å². The average Bonchev–Trinajstić information content (AvgIpc) is 3.62. The summed E-state index contributed by atoms with van der Waals surface area (Å²) in [5, 5.41) is 13.8. The molecular weight excluding hydrogens is 428 g/mol. The summed E-state index contributed by atoms with van der Waals surface area (Å²) in [5.74, 6) is 0.670. The van der Waals surface area contributed by atoms with Crippen molar-refractivity contribution in [3.63, 3.8) is 0 Å². The van der Waals surface area contributed by atoms with Crippen molar-refractivity contribution in [2.45, 2.75) is 51.3 Å². The lowest BCUT2D eigenvalue weighted by molar-refractivity contribution is 0.0924. The molecule has 8 nitrogen and oxygen atoms in total. The van der Waals surface area contributed by atoms with Gasteiger partial charge in [-0.1, -0.05) is 31.2 Å². The number of ether oxygens (including phenoxy) is 1. The Morgan fingerprint density at radius 3 is 2.97 bits per heavy atom. The summed E-state index contributed by atoms with van der Waals surface area (Å²) in [6.45, 7) is 4.29. The van der Waals surface area contributed by atoms with Crippen LogP contribution in [0, 0.1) is 0 Å². The second kappa shape index (κ2) is 8.68. The summed E-state index contributed by atoms with van der Waals surface area (Å²) in [6, 6.07) is 16.2. The van der Waals surface area contributed by atoms with Crippen molar-refractivity contribution < 1.29 is 4.74 Å². The molecule has 4 heterocycles. The second-order valence-electron chi connectivity index (χ2n) is 9.16. The van der Waals surface area contributed by atoms with E-state index in [2.05, 4.69) is 62.7 Å². The largest absolute Gasteiger partial charge is 0.376 e. The summed E-state index contributed by atoms with van der Waals surface area (Å²) in [6.07, 6.45) is 4.00. The third-order valence-electron chi connectivity index (χ3n) is 7.08. The molecule has 1 fully saturated rings. The van der Waals surface area contributed by atoms with Crippen LogP contribution in [-0.2, 0) is 24.1 Å². The summed E-state index contributed by atoms with van der Waals surface area (Å²) in [7, 11) is 0. The topological polar surface area (TPSA) is 88.9 Å². The molecule has 0 bridgehead atoms. The van der Waals surface area contributed by atoms with Crippen molar-refractivity contribution >= 4 is 16.6 Å². The standard InChI is InChI=1S/C26H28N6O2/c1-2-17-9-10-22-19(14-17)15-21(26(33)27-22)24(31-12-11-18-6-3-4-8-23(18)31)25-28-29-30-32(25)16-20-7-5-13-34-20/h3-4,6,8-10,14-15,20,24H,2,5,7,11-13,16H2,1H3,(H,27,33)/t20-,24+/m0/s1. The number of benzene rings is 2. The highest BCUT2D eigenvalue weighted by Crippen LogP contribution is 2.37. The van der Waals surface area contributed by atoms with Crippen molar-refractivity contribution in [1.29, 1.82) is 0 Å². The van der Waals surface area contributed by atoms with Crippen LogP contribution in [0.1, 0.15) is 48.3 Å². The molecule has 2 aromatic carbocycles. The number of hydrogen-bond donors (Lipinski definition) is 1. The number of fused-ring (bicyclic) bond motifs is 2. The highest BCUT2D eigenvalue weighted by atomic mass is 16.5. The first-order valence-electron chi connectivity index (χ1n) is 12.1. The van der Waals surface area contributed by atoms with Gasteiger partial charge >= 0.3 is 0 Å². The number of aryl methyl sites for hydroxylation is 1. The Morgan fingerprint density at radius 2 is 2.12 bits per heavy atom. The molecule has 0 radical (unpaired) electrons. The van der Waals surface area contributed by atoms with E-state index in [9.17, 15) is 4.79 Å². The first-order valence-corrected chi connectivity index (χ1v) is 12.1. The molecule has 2 atom stereocenters. The number of aromatic amines is 1. The van der Waals surface area contributed by atoms with E-state index in [0.29, 0.717) is 17.9 Å². The number of nitrogens with zero attached hydrogens (tertiary/aromatic N) is 5. The van der Waals surface area contributed by atoms with Gasteiger partial charge in [0, 0.05) is 29.9 Å². The van der Waals surface area contributed by atoms with Crippen LogP contribution in [0.25, 0.3) is 10.9 Å². The summed E-state index contributed by atoms with van der Waals surface area (Å²) in [5.41, 5.74) is 5.01. The molecule has 2 aliphatic heterocycles. The molecule has 8 heteroatoms. The number of nitrogens with one attached hydrogen (secondary N) is 1. The fourth-order valence-electron chi connectivity index (χ4n) is 5.29. The molecule has 34 heavy (non-hydrogen) atoms. The van der Waals surface area contributed by atoms with E-state index in [4.69, 9.17) is 4.74 Å². The average molecular weight is 457 g/mol. The van der Waals surface area contributed by atoms with Crippen LogP contribution in [0.4, 0.5) is 5.69 Å². The maximum absolute atomic E-state index is 13.5. The maximum atomic E-state index is 13.5. The number of hydrogen-bond acceptors (Lipinski definition) is 6. The van der Waals surface area contributed by atoms with Crippen molar-refractivity contribution in [2.75, 3.05) is 18.1 Å². The Balaban J connectivity index is 1.51. The van der Waals surface area contributed by atoms with Gasteiger partial charge in [0.25, 0.3) is 5.56 Å². The maximum Gasteiger partial charge on any atom is 0.254 e. The lowest BCUT2D eigenvalue weighted by Crippen LogP contribution is -2.35. The van der Waals surface area contributed by atoms with E-state index >= 15 is 0 Å². The van der Waals surface area contributed by atoms with Crippen molar-refractivity contribution in [3.05, 3.63) is 81.4 Å². The first kappa shape index (κ1) is 21.0. The van der Waals surface area contributed by atoms with Gasteiger partial charge in [-0.25, -0.2) is 4.68 Å². The van der Waals surface area contributed by atoms with Crippen LogP contribution < -0.4 is 10.5 Å². The molecule has 0 spiro atoms. The number of aromatic nitrogens is 5. The molecule has 1 saturated heterocycles. The molecule has 0 amide bonds. The zero-order chi connectivity index (χ0) is 23.1. The zero-order valence-electron chi connectivity index (χ0n) is 19.3. The van der Waals surface area contributed by atoms with Gasteiger partial charge in [0.05, 0.1) is 12.6 Å². The smallest absolute Gasteiger partial charge is 0.254 e. The number of anilines is 1. The van der Waals surface area contributed by atoms with E-state index in [-0.39, 0.29) is 11.7 Å². The third kappa shape index (κ3) is 3.68. The number of pyridine rings is 1. The molecular formula is C26H28N6O2.